The van der Waals surface area contributed by atoms with E-state index in [1.165, 1.54) is 51.4 Å². The lowest BCUT2D eigenvalue weighted by atomic mass is 10.1. The molecule has 49 heavy (non-hydrogen) atoms. The molecule has 0 bridgehead atoms. The average molecular weight is 713 g/mol. The Bertz CT molecular complexity index is 958. The Labute approximate surface area is 297 Å². The number of carbonyl (C=O) groups excluding carboxylic acids is 2. The van der Waals surface area contributed by atoms with E-state index in [1.807, 2.05) is 0 Å². The first-order valence-electron chi connectivity index (χ1n) is 19.4. The normalized spacial score (nSPS) is 17.0. The van der Waals surface area contributed by atoms with E-state index in [0.29, 0.717) is 25.0 Å². The van der Waals surface area contributed by atoms with Crippen LogP contribution >= 0.6 is 7.82 Å². The van der Waals surface area contributed by atoms with Crippen molar-refractivity contribution in [1.82, 2.24) is 0 Å². The Morgan fingerprint density at radius 2 is 1.18 bits per heavy atom. The Morgan fingerprint density at radius 3 is 1.80 bits per heavy atom. The van der Waals surface area contributed by atoms with Crippen LogP contribution in [0.1, 0.15) is 168 Å². The molecular formula is C39H69O9P. The molecule has 2 N–H and O–H groups in total. The number of carbonyl (C=O) groups is 2. The number of epoxide rings is 1. The number of esters is 2. The van der Waals surface area contributed by atoms with Crippen LogP contribution in [0, 0.1) is 0 Å². The van der Waals surface area contributed by atoms with E-state index in [-0.39, 0.29) is 19.4 Å². The van der Waals surface area contributed by atoms with Gasteiger partial charge in [-0.2, -0.15) is 0 Å². The van der Waals surface area contributed by atoms with Crippen LogP contribution in [0.25, 0.3) is 0 Å². The predicted octanol–water partition coefficient (Wildman–Crippen LogP) is 10.4. The Balaban J connectivity index is 2.10. The third-order valence-corrected chi connectivity index (χ3v) is 9.07. The van der Waals surface area contributed by atoms with E-state index in [4.69, 9.17) is 24.0 Å². The van der Waals surface area contributed by atoms with Crippen LogP contribution in [-0.4, -0.2) is 53.3 Å². The van der Waals surface area contributed by atoms with Gasteiger partial charge in [0.25, 0.3) is 0 Å². The summed E-state index contributed by atoms with van der Waals surface area (Å²) in [6, 6.07) is 0. The average Bonchev–Trinajstić information content (AvgIpc) is 3.82. The van der Waals surface area contributed by atoms with Crippen molar-refractivity contribution in [3.8, 4) is 0 Å². The highest BCUT2D eigenvalue weighted by molar-refractivity contribution is 7.46. The summed E-state index contributed by atoms with van der Waals surface area (Å²) in [4.78, 5) is 42.7. The van der Waals surface area contributed by atoms with Crippen LogP contribution < -0.4 is 0 Å². The zero-order chi connectivity index (χ0) is 35.8. The van der Waals surface area contributed by atoms with E-state index in [1.54, 1.807) is 0 Å². The number of rotatable bonds is 34. The lowest BCUT2D eigenvalue weighted by Crippen LogP contribution is -2.29. The molecule has 0 aliphatic carbocycles. The molecule has 0 aromatic rings. The lowest BCUT2D eigenvalue weighted by molar-refractivity contribution is -0.161. The molecule has 0 amide bonds. The molecule has 10 heteroatoms. The van der Waals surface area contributed by atoms with Gasteiger partial charge in [-0.3, -0.25) is 14.1 Å². The fourth-order valence-electron chi connectivity index (χ4n) is 5.55. The molecule has 1 fully saturated rings. The molecular weight excluding hydrogens is 643 g/mol. The topological polar surface area (TPSA) is 132 Å². The van der Waals surface area contributed by atoms with Gasteiger partial charge < -0.3 is 24.0 Å². The molecule has 1 aliphatic heterocycles. The smallest absolute Gasteiger partial charge is 0.462 e. The second-order valence-corrected chi connectivity index (χ2v) is 14.6. The minimum Gasteiger partial charge on any atom is -0.462 e. The van der Waals surface area contributed by atoms with Gasteiger partial charge in [0.1, 0.15) is 6.61 Å². The largest absolute Gasteiger partial charge is 0.469 e. The van der Waals surface area contributed by atoms with Crippen molar-refractivity contribution in [1.29, 1.82) is 0 Å². The number of phosphoric acid groups is 1. The van der Waals surface area contributed by atoms with Gasteiger partial charge in [0, 0.05) is 12.8 Å². The van der Waals surface area contributed by atoms with E-state index in [0.717, 1.165) is 77.0 Å². The van der Waals surface area contributed by atoms with Crippen molar-refractivity contribution in [2.45, 2.75) is 186 Å². The number of hydrogen-bond donors (Lipinski definition) is 2. The fourth-order valence-corrected chi connectivity index (χ4v) is 5.91. The highest BCUT2D eigenvalue weighted by atomic mass is 31.2. The third-order valence-electron chi connectivity index (χ3n) is 8.58. The molecule has 2 unspecified atom stereocenters. The van der Waals surface area contributed by atoms with Gasteiger partial charge in [-0.15, -0.1) is 0 Å². The van der Waals surface area contributed by atoms with Gasteiger partial charge >= 0.3 is 19.8 Å². The number of ether oxygens (including phenoxy) is 3. The molecule has 1 aliphatic rings. The molecule has 0 radical (unpaired) electrons. The standard InChI is InChI=1S/C39H69O9P/c1-3-5-7-8-9-10-11-12-13-14-15-16-21-24-28-32-39(41)47-35(34-46-49(42,43)44)33-45-38(40)31-27-23-20-18-17-19-22-26-30-37-36(48-37)29-25-6-4-2/h10-13,22,26,35-37H,3-9,14-21,23-25,27-34H2,1-2H3,(H2,42,43,44)/b11-10-,13-12-,26-22-/t35-,36?,37?/m1/s1. The minimum atomic E-state index is -4.76. The van der Waals surface area contributed by atoms with Crippen LogP contribution in [0.2, 0.25) is 0 Å². The van der Waals surface area contributed by atoms with Crippen LogP contribution in [0.3, 0.4) is 0 Å². The van der Waals surface area contributed by atoms with Gasteiger partial charge in [-0.25, -0.2) is 4.57 Å². The summed E-state index contributed by atoms with van der Waals surface area (Å²) < 4.78 is 32.0. The van der Waals surface area contributed by atoms with Crippen molar-refractivity contribution < 1.29 is 42.7 Å². The molecule has 1 heterocycles. The van der Waals surface area contributed by atoms with Crippen molar-refractivity contribution in [2.75, 3.05) is 13.2 Å². The van der Waals surface area contributed by atoms with Crippen molar-refractivity contribution >= 4 is 19.8 Å². The number of unbranched alkanes of at least 4 members (excludes halogenated alkanes) is 16. The molecule has 0 aromatic heterocycles. The van der Waals surface area contributed by atoms with E-state index < -0.39 is 32.5 Å². The molecule has 284 valence electrons. The summed E-state index contributed by atoms with van der Waals surface area (Å²) in [6.45, 7) is 3.59. The number of hydrogen-bond acceptors (Lipinski definition) is 7. The lowest BCUT2D eigenvalue weighted by Gasteiger charge is -2.18. The highest BCUT2D eigenvalue weighted by Gasteiger charge is 2.36. The second-order valence-electron chi connectivity index (χ2n) is 13.3. The van der Waals surface area contributed by atoms with Crippen LogP contribution in [0.4, 0.5) is 0 Å². The Hall–Kier alpha value is -1.77. The third kappa shape index (κ3) is 30.8. The number of phosphoric ester groups is 1. The molecule has 0 saturated carbocycles. The summed E-state index contributed by atoms with van der Waals surface area (Å²) in [7, 11) is -4.76. The van der Waals surface area contributed by atoms with Gasteiger partial charge in [-0.05, 0) is 64.2 Å². The first-order chi connectivity index (χ1) is 23.7. The summed E-state index contributed by atoms with van der Waals surface area (Å²) in [5.41, 5.74) is 0. The van der Waals surface area contributed by atoms with E-state index in [9.17, 15) is 14.2 Å². The molecule has 0 spiro atoms. The Morgan fingerprint density at radius 1 is 0.653 bits per heavy atom. The zero-order valence-electron chi connectivity index (χ0n) is 30.8. The summed E-state index contributed by atoms with van der Waals surface area (Å²) in [5, 5.41) is 0. The maximum absolute atomic E-state index is 12.4. The van der Waals surface area contributed by atoms with Crippen LogP contribution in [-0.2, 0) is 32.9 Å². The molecule has 0 aromatic carbocycles. The maximum atomic E-state index is 12.4. The van der Waals surface area contributed by atoms with Crippen LogP contribution in [0.5, 0.6) is 0 Å². The molecule has 1 saturated heterocycles. The Kier molecular flexibility index (Phi) is 28.6. The molecule has 3 atom stereocenters. The summed E-state index contributed by atoms with van der Waals surface area (Å²) in [5.74, 6) is -0.925. The quantitative estimate of drug-likeness (QED) is 0.0167. The van der Waals surface area contributed by atoms with Crippen molar-refractivity contribution in [3.05, 3.63) is 36.5 Å². The van der Waals surface area contributed by atoms with Gasteiger partial charge in [0.05, 0.1) is 18.8 Å². The fraction of sp³-hybridized carbons (Fsp3) is 0.795. The maximum Gasteiger partial charge on any atom is 0.469 e. The first kappa shape index (κ1) is 45.3. The second kappa shape index (κ2) is 31.0. The SMILES string of the molecule is CCCCCC/C=C\C=C/CCCCCCCC(=O)O[C@H](COC(=O)CCCCCCC/C=C\CC1OC1CCCCC)COP(=O)(O)O. The van der Waals surface area contributed by atoms with Gasteiger partial charge in [0.2, 0.25) is 0 Å². The first-order valence-corrected chi connectivity index (χ1v) is 21.0. The summed E-state index contributed by atoms with van der Waals surface area (Å²) >= 11 is 0. The molecule has 1 rings (SSSR count). The van der Waals surface area contributed by atoms with Gasteiger partial charge in [0.15, 0.2) is 6.10 Å². The number of allylic oxidation sites excluding steroid dienone is 5. The highest BCUT2D eigenvalue weighted by Crippen LogP contribution is 2.36. The molecule has 9 nitrogen and oxygen atoms in total. The monoisotopic (exact) mass is 712 g/mol. The minimum absolute atomic E-state index is 0.188. The van der Waals surface area contributed by atoms with Gasteiger partial charge in [-0.1, -0.05) is 127 Å². The zero-order valence-corrected chi connectivity index (χ0v) is 31.7. The van der Waals surface area contributed by atoms with E-state index in [2.05, 4.69) is 54.8 Å². The van der Waals surface area contributed by atoms with E-state index >= 15 is 0 Å². The van der Waals surface area contributed by atoms with Crippen LogP contribution in [0.15, 0.2) is 36.5 Å². The summed E-state index contributed by atoms with van der Waals surface area (Å²) in [6.07, 6.45) is 37.5. The van der Waals surface area contributed by atoms with Crippen molar-refractivity contribution in [2.24, 2.45) is 0 Å². The van der Waals surface area contributed by atoms with Crippen molar-refractivity contribution in [3.63, 3.8) is 0 Å². The predicted molar refractivity (Wildman–Crippen MR) is 197 cm³/mol.